The van der Waals surface area contributed by atoms with Gasteiger partial charge in [0.1, 0.15) is 0 Å². The molecule has 2 rings (SSSR count). The lowest BCUT2D eigenvalue weighted by atomic mass is 10.1. The van der Waals surface area contributed by atoms with E-state index in [4.69, 9.17) is 0 Å². The standard InChI is InChI=1S/C12H24N2/c1-11-9-13-6-2-7-14(10-11)8-5-12-3-4-12/h11-13H,2-10H2,1H3. The first-order valence-corrected chi connectivity index (χ1v) is 6.27. The molecule has 1 aliphatic carbocycles. The third kappa shape index (κ3) is 3.58. The minimum Gasteiger partial charge on any atom is -0.316 e. The van der Waals surface area contributed by atoms with Gasteiger partial charge in [0.2, 0.25) is 0 Å². The SMILES string of the molecule is CC1CNCCCN(CCC2CC2)C1. The highest BCUT2D eigenvalue weighted by molar-refractivity contribution is 4.76. The fourth-order valence-electron chi connectivity index (χ4n) is 2.35. The van der Waals surface area contributed by atoms with Crippen molar-refractivity contribution < 1.29 is 0 Å². The van der Waals surface area contributed by atoms with E-state index in [1.54, 1.807) is 0 Å². The fourth-order valence-corrected chi connectivity index (χ4v) is 2.35. The first-order valence-electron chi connectivity index (χ1n) is 6.27. The van der Waals surface area contributed by atoms with Gasteiger partial charge in [-0.3, -0.25) is 0 Å². The largest absolute Gasteiger partial charge is 0.316 e. The molecule has 0 radical (unpaired) electrons. The van der Waals surface area contributed by atoms with Crippen LogP contribution >= 0.6 is 0 Å². The van der Waals surface area contributed by atoms with E-state index in [-0.39, 0.29) is 0 Å². The average Bonchev–Trinajstić information content (AvgIpc) is 2.92. The Morgan fingerprint density at radius 2 is 2.21 bits per heavy atom. The van der Waals surface area contributed by atoms with Gasteiger partial charge in [-0.05, 0) is 50.9 Å². The van der Waals surface area contributed by atoms with E-state index in [0.717, 1.165) is 11.8 Å². The molecule has 1 saturated heterocycles. The van der Waals surface area contributed by atoms with Crippen LogP contribution in [0.4, 0.5) is 0 Å². The third-order valence-corrected chi connectivity index (χ3v) is 3.44. The highest BCUT2D eigenvalue weighted by Gasteiger charge is 2.22. The predicted molar refractivity (Wildman–Crippen MR) is 60.4 cm³/mol. The zero-order chi connectivity index (χ0) is 9.80. The maximum atomic E-state index is 3.51. The zero-order valence-electron chi connectivity index (χ0n) is 9.47. The monoisotopic (exact) mass is 196 g/mol. The van der Waals surface area contributed by atoms with Crippen LogP contribution in [0.25, 0.3) is 0 Å². The molecule has 2 aliphatic rings. The molecule has 1 aliphatic heterocycles. The molecule has 0 aromatic carbocycles. The minimum absolute atomic E-state index is 0.828. The molecular weight excluding hydrogens is 172 g/mol. The van der Waals surface area contributed by atoms with E-state index >= 15 is 0 Å². The van der Waals surface area contributed by atoms with Crippen LogP contribution in [-0.4, -0.2) is 37.6 Å². The van der Waals surface area contributed by atoms with Crippen LogP contribution in [0.5, 0.6) is 0 Å². The Morgan fingerprint density at radius 3 is 3.00 bits per heavy atom. The molecule has 1 N–H and O–H groups in total. The van der Waals surface area contributed by atoms with Gasteiger partial charge in [-0.1, -0.05) is 19.8 Å². The molecule has 0 aromatic rings. The van der Waals surface area contributed by atoms with Crippen molar-refractivity contribution in [2.75, 3.05) is 32.7 Å². The summed E-state index contributed by atoms with van der Waals surface area (Å²) in [4.78, 5) is 2.68. The van der Waals surface area contributed by atoms with Gasteiger partial charge in [0.05, 0.1) is 0 Å². The number of hydrogen-bond acceptors (Lipinski definition) is 2. The Hall–Kier alpha value is -0.0800. The van der Waals surface area contributed by atoms with Gasteiger partial charge in [0.25, 0.3) is 0 Å². The van der Waals surface area contributed by atoms with Gasteiger partial charge in [0, 0.05) is 6.54 Å². The molecule has 1 atom stereocenters. The summed E-state index contributed by atoms with van der Waals surface area (Å²) in [5, 5.41) is 3.51. The van der Waals surface area contributed by atoms with Crippen molar-refractivity contribution in [1.82, 2.24) is 10.2 Å². The van der Waals surface area contributed by atoms with Crippen molar-refractivity contribution in [3.8, 4) is 0 Å². The summed E-state index contributed by atoms with van der Waals surface area (Å²) in [5.74, 6) is 1.92. The number of hydrogen-bond donors (Lipinski definition) is 1. The highest BCUT2D eigenvalue weighted by atomic mass is 15.1. The van der Waals surface area contributed by atoms with Crippen molar-refractivity contribution in [3.05, 3.63) is 0 Å². The molecule has 2 nitrogen and oxygen atoms in total. The Labute approximate surface area is 88.1 Å². The summed E-state index contributed by atoms with van der Waals surface area (Å²) in [5.41, 5.74) is 0. The quantitative estimate of drug-likeness (QED) is 0.739. The Kier molecular flexibility index (Phi) is 3.82. The van der Waals surface area contributed by atoms with Gasteiger partial charge in [-0.15, -0.1) is 0 Å². The van der Waals surface area contributed by atoms with Crippen molar-refractivity contribution >= 4 is 0 Å². The lowest BCUT2D eigenvalue weighted by Gasteiger charge is -2.28. The molecule has 0 amide bonds. The zero-order valence-corrected chi connectivity index (χ0v) is 9.47. The summed E-state index contributed by atoms with van der Waals surface area (Å²) >= 11 is 0. The van der Waals surface area contributed by atoms with Gasteiger partial charge in [-0.2, -0.15) is 0 Å². The van der Waals surface area contributed by atoms with E-state index in [2.05, 4.69) is 17.1 Å². The van der Waals surface area contributed by atoms with Crippen LogP contribution in [0.3, 0.4) is 0 Å². The van der Waals surface area contributed by atoms with Gasteiger partial charge in [0.15, 0.2) is 0 Å². The van der Waals surface area contributed by atoms with Crippen molar-refractivity contribution in [3.63, 3.8) is 0 Å². The van der Waals surface area contributed by atoms with Crippen molar-refractivity contribution in [1.29, 1.82) is 0 Å². The lowest BCUT2D eigenvalue weighted by molar-refractivity contribution is 0.211. The van der Waals surface area contributed by atoms with E-state index in [0.29, 0.717) is 0 Å². The number of nitrogens with zero attached hydrogens (tertiary/aromatic N) is 1. The van der Waals surface area contributed by atoms with Crippen LogP contribution in [0.15, 0.2) is 0 Å². The van der Waals surface area contributed by atoms with Crippen LogP contribution in [0.2, 0.25) is 0 Å². The first kappa shape index (κ1) is 10.4. The lowest BCUT2D eigenvalue weighted by Crippen LogP contribution is -2.39. The molecule has 14 heavy (non-hydrogen) atoms. The summed E-state index contributed by atoms with van der Waals surface area (Å²) in [7, 11) is 0. The highest BCUT2D eigenvalue weighted by Crippen LogP contribution is 2.32. The minimum atomic E-state index is 0.828. The van der Waals surface area contributed by atoms with Crippen LogP contribution in [0.1, 0.15) is 32.6 Å². The predicted octanol–water partition coefficient (Wildman–Crippen LogP) is 1.72. The third-order valence-electron chi connectivity index (χ3n) is 3.44. The molecule has 0 bridgehead atoms. The number of nitrogens with one attached hydrogen (secondary N) is 1. The first-order chi connectivity index (χ1) is 6.84. The molecular formula is C12H24N2. The second-order valence-corrected chi connectivity index (χ2v) is 5.20. The molecule has 82 valence electrons. The summed E-state index contributed by atoms with van der Waals surface area (Å²) in [6.07, 6.45) is 5.80. The topological polar surface area (TPSA) is 15.3 Å². The van der Waals surface area contributed by atoms with E-state index in [1.165, 1.54) is 58.4 Å². The molecule has 1 saturated carbocycles. The van der Waals surface area contributed by atoms with Gasteiger partial charge < -0.3 is 10.2 Å². The molecule has 2 fully saturated rings. The summed E-state index contributed by atoms with van der Waals surface area (Å²) < 4.78 is 0. The normalized spacial score (nSPS) is 31.1. The Balaban J connectivity index is 1.69. The number of rotatable bonds is 3. The van der Waals surface area contributed by atoms with Crippen molar-refractivity contribution in [2.45, 2.75) is 32.6 Å². The maximum absolute atomic E-state index is 3.51. The average molecular weight is 196 g/mol. The van der Waals surface area contributed by atoms with Crippen LogP contribution in [-0.2, 0) is 0 Å². The second-order valence-electron chi connectivity index (χ2n) is 5.20. The Bertz CT molecular complexity index is 166. The van der Waals surface area contributed by atoms with Crippen LogP contribution < -0.4 is 5.32 Å². The molecule has 2 heteroatoms. The summed E-state index contributed by atoms with van der Waals surface area (Å²) in [6, 6.07) is 0. The molecule has 0 spiro atoms. The van der Waals surface area contributed by atoms with Gasteiger partial charge in [-0.25, -0.2) is 0 Å². The second kappa shape index (κ2) is 5.13. The van der Waals surface area contributed by atoms with Crippen molar-refractivity contribution in [2.24, 2.45) is 11.8 Å². The molecule has 1 unspecified atom stereocenters. The van der Waals surface area contributed by atoms with E-state index in [9.17, 15) is 0 Å². The fraction of sp³-hybridized carbons (Fsp3) is 1.00. The Morgan fingerprint density at radius 1 is 1.36 bits per heavy atom. The van der Waals surface area contributed by atoms with E-state index in [1.807, 2.05) is 0 Å². The smallest absolute Gasteiger partial charge is 0.00192 e. The van der Waals surface area contributed by atoms with Crippen LogP contribution in [0, 0.1) is 11.8 Å². The molecule has 1 heterocycles. The summed E-state index contributed by atoms with van der Waals surface area (Å²) in [6.45, 7) is 8.76. The van der Waals surface area contributed by atoms with Gasteiger partial charge >= 0.3 is 0 Å². The van der Waals surface area contributed by atoms with E-state index < -0.39 is 0 Å². The molecule has 0 aromatic heterocycles. The maximum Gasteiger partial charge on any atom is 0.00192 e.